The van der Waals surface area contributed by atoms with E-state index in [1.807, 2.05) is 0 Å². The average Bonchev–Trinajstić information content (AvgIpc) is 2.95. The first-order chi connectivity index (χ1) is 12.8. The van der Waals surface area contributed by atoms with Crippen LogP contribution in [0.15, 0.2) is 24.3 Å². The van der Waals surface area contributed by atoms with Crippen LogP contribution in [0.5, 0.6) is 5.75 Å². The fourth-order valence-corrected chi connectivity index (χ4v) is 5.87. The number of sulfone groups is 2. The van der Waals surface area contributed by atoms with Gasteiger partial charge in [-0.05, 0) is 31.5 Å². The van der Waals surface area contributed by atoms with Gasteiger partial charge in [-0.1, -0.05) is 12.1 Å². The molecule has 1 heterocycles. The molecule has 2 N–H and O–H groups in total. The first kappa shape index (κ1) is 22.1. The van der Waals surface area contributed by atoms with Crippen LogP contribution in [0.4, 0.5) is 0 Å². The lowest BCUT2D eigenvalue weighted by Gasteiger charge is -2.33. The molecule has 1 aromatic carbocycles. The van der Waals surface area contributed by atoms with E-state index >= 15 is 0 Å². The number of hydrogen-bond acceptors (Lipinski definition) is 8. The zero-order valence-electron chi connectivity index (χ0n) is 15.8. The lowest BCUT2D eigenvalue weighted by Crippen LogP contribution is -2.59. The number of amides is 1. The lowest BCUT2D eigenvalue weighted by molar-refractivity contribution is -0.132. The maximum absolute atomic E-state index is 13.0. The molecule has 0 aromatic heterocycles. The zero-order valence-corrected chi connectivity index (χ0v) is 17.5. The highest BCUT2D eigenvalue weighted by Crippen LogP contribution is 2.28. The summed E-state index contributed by atoms with van der Waals surface area (Å²) < 4.78 is 52.8. The highest BCUT2D eigenvalue weighted by Gasteiger charge is 2.48. The van der Waals surface area contributed by atoms with Crippen molar-refractivity contribution >= 4 is 25.6 Å². The van der Waals surface area contributed by atoms with Crippen LogP contribution >= 0.6 is 0 Å². The van der Waals surface area contributed by atoms with Crippen molar-refractivity contribution in [1.82, 2.24) is 4.90 Å². The number of ether oxygens (including phenoxy) is 1. The van der Waals surface area contributed by atoms with Crippen LogP contribution in [-0.4, -0.2) is 63.2 Å². The lowest BCUT2D eigenvalue weighted by atomic mass is 10.0. The summed E-state index contributed by atoms with van der Waals surface area (Å²) in [6, 6.07) is 5.48. The molecule has 1 aliphatic heterocycles. The van der Waals surface area contributed by atoms with Gasteiger partial charge in [0.05, 0.1) is 29.4 Å². The van der Waals surface area contributed by atoms with Crippen molar-refractivity contribution in [2.45, 2.75) is 36.4 Å². The van der Waals surface area contributed by atoms with Crippen LogP contribution in [0.25, 0.3) is 0 Å². The normalized spacial score (nSPS) is 20.4. The Labute approximate surface area is 164 Å². The van der Waals surface area contributed by atoms with Crippen molar-refractivity contribution in [3.63, 3.8) is 0 Å². The molecule has 0 radical (unpaired) electrons. The molecule has 1 amide bonds. The smallest absolute Gasteiger partial charge is 0.243 e. The van der Waals surface area contributed by atoms with Crippen molar-refractivity contribution in [2.75, 3.05) is 18.7 Å². The third kappa shape index (κ3) is 4.29. The van der Waals surface area contributed by atoms with Crippen molar-refractivity contribution in [3.8, 4) is 11.8 Å². The van der Waals surface area contributed by atoms with Gasteiger partial charge in [0.1, 0.15) is 23.7 Å². The van der Waals surface area contributed by atoms with E-state index in [0.29, 0.717) is 11.3 Å². The molecule has 9 nitrogen and oxygen atoms in total. The summed E-state index contributed by atoms with van der Waals surface area (Å²) in [5.74, 6) is -1.79. The van der Waals surface area contributed by atoms with Gasteiger partial charge < -0.3 is 15.4 Å². The van der Waals surface area contributed by atoms with Crippen molar-refractivity contribution in [3.05, 3.63) is 29.8 Å². The number of nitrogens with two attached hydrogens (primary N) is 1. The third-order valence-corrected chi connectivity index (χ3v) is 8.95. The molecule has 154 valence electrons. The predicted octanol–water partition coefficient (Wildman–Crippen LogP) is -0.177. The minimum atomic E-state index is -3.90. The molecule has 1 saturated heterocycles. The Balaban J connectivity index is 2.25. The standard InChI is InChI=1S/C17H23N3O6S2/c1-17(2,28(24,25)9-12-4-6-14(26-3)7-5-12)15(19)16(21)20-11-27(22,23)10-13(20)8-18/h4-7,13,15H,9-11,19H2,1-3H3. The Hall–Kier alpha value is -2.16. The second-order valence-corrected chi connectivity index (χ2v) is 11.8. The number of carbonyl (C=O) groups excluding carboxylic acids is 1. The van der Waals surface area contributed by atoms with E-state index in [1.165, 1.54) is 21.0 Å². The van der Waals surface area contributed by atoms with Gasteiger partial charge in [0, 0.05) is 0 Å². The number of nitrogens with zero attached hydrogens (tertiary/aromatic N) is 2. The zero-order chi connectivity index (χ0) is 21.3. The van der Waals surface area contributed by atoms with Crippen LogP contribution in [-0.2, 0) is 30.2 Å². The maximum Gasteiger partial charge on any atom is 0.243 e. The Morgan fingerprint density at radius 2 is 1.96 bits per heavy atom. The highest BCUT2D eigenvalue weighted by molar-refractivity contribution is 7.92. The topological polar surface area (TPSA) is 148 Å². The highest BCUT2D eigenvalue weighted by atomic mass is 32.2. The number of nitriles is 1. The van der Waals surface area contributed by atoms with E-state index in [9.17, 15) is 21.6 Å². The van der Waals surface area contributed by atoms with E-state index in [1.54, 1.807) is 30.3 Å². The molecule has 1 aromatic rings. The number of carbonyl (C=O) groups is 1. The Morgan fingerprint density at radius 1 is 1.39 bits per heavy atom. The SMILES string of the molecule is COc1ccc(CS(=O)(=O)C(C)(C)C(N)C(=O)N2CS(=O)(=O)CC2C#N)cc1. The summed E-state index contributed by atoms with van der Waals surface area (Å²) in [6.07, 6.45) is 0. The number of methoxy groups -OCH3 is 1. The molecule has 0 spiro atoms. The maximum atomic E-state index is 13.0. The van der Waals surface area contributed by atoms with Gasteiger partial charge in [0.25, 0.3) is 0 Å². The largest absolute Gasteiger partial charge is 0.497 e. The average molecular weight is 430 g/mol. The minimum Gasteiger partial charge on any atom is -0.497 e. The molecule has 1 fully saturated rings. The van der Waals surface area contributed by atoms with Crippen molar-refractivity contribution < 1.29 is 26.4 Å². The van der Waals surface area contributed by atoms with E-state index in [2.05, 4.69) is 0 Å². The molecular formula is C17H23N3O6S2. The molecule has 0 aliphatic carbocycles. The van der Waals surface area contributed by atoms with Gasteiger partial charge in [-0.3, -0.25) is 4.79 Å². The molecule has 0 bridgehead atoms. The first-order valence-corrected chi connectivity index (χ1v) is 11.8. The summed E-state index contributed by atoms with van der Waals surface area (Å²) in [4.78, 5) is 13.6. The van der Waals surface area contributed by atoms with E-state index in [-0.39, 0.29) is 5.75 Å². The van der Waals surface area contributed by atoms with Gasteiger partial charge in [-0.15, -0.1) is 0 Å². The monoisotopic (exact) mass is 429 g/mol. The molecule has 1 aliphatic rings. The molecule has 0 saturated carbocycles. The van der Waals surface area contributed by atoms with E-state index in [4.69, 9.17) is 15.7 Å². The second kappa shape index (κ2) is 7.69. The molecule has 11 heteroatoms. The van der Waals surface area contributed by atoms with Crippen LogP contribution < -0.4 is 10.5 Å². The molecule has 2 atom stereocenters. The summed E-state index contributed by atoms with van der Waals surface area (Å²) in [5.41, 5.74) is 6.46. The molecular weight excluding hydrogens is 406 g/mol. The van der Waals surface area contributed by atoms with Gasteiger partial charge in [-0.25, -0.2) is 16.8 Å². The second-order valence-electron chi connectivity index (χ2n) is 7.18. The number of hydrogen-bond donors (Lipinski definition) is 1. The van der Waals surface area contributed by atoms with E-state index in [0.717, 1.165) is 4.90 Å². The molecule has 28 heavy (non-hydrogen) atoms. The summed E-state index contributed by atoms with van der Waals surface area (Å²) in [5, 5.41) is 9.12. The first-order valence-electron chi connectivity index (χ1n) is 8.36. The van der Waals surface area contributed by atoms with Gasteiger partial charge in [-0.2, -0.15) is 5.26 Å². The van der Waals surface area contributed by atoms with Gasteiger partial charge >= 0.3 is 0 Å². The Bertz CT molecular complexity index is 994. The summed E-state index contributed by atoms with van der Waals surface area (Å²) in [6.45, 7) is 2.64. The Morgan fingerprint density at radius 3 is 2.46 bits per heavy atom. The summed E-state index contributed by atoms with van der Waals surface area (Å²) in [7, 11) is -6.02. The van der Waals surface area contributed by atoms with Crippen LogP contribution in [0, 0.1) is 11.3 Å². The third-order valence-electron chi connectivity index (χ3n) is 4.89. The molecule has 2 rings (SSSR count). The van der Waals surface area contributed by atoms with E-state index < -0.39 is 54.0 Å². The quantitative estimate of drug-likeness (QED) is 0.655. The summed E-state index contributed by atoms with van der Waals surface area (Å²) >= 11 is 0. The minimum absolute atomic E-state index is 0.356. The number of rotatable bonds is 6. The number of benzene rings is 1. The van der Waals surface area contributed by atoms with Crippen molar-refractivity contribution in [2.24, 2.45) is 5.73 Å². The van der Waals surface area contributed by atoms with Crippen LogP contribution in [0.1, 0.15) is 19.4 Å². The molecule has 2 unspecified atom stereocenters. The fraction of sp³-hybridized carbons (Fsp3) is 0.529. The van der Waals surface area contributed by atoms with Crippen molar-refractivity contribution in [1.29, 1.82) is 5.26 Å². The van der Waals surface area contributed by atoms with Gasteiger partial charge in [0.15, 0.2) is 19.7 Å². The fourth-order valence-electron chi connectivity index (χ4n) is 2.81. The van der Waals surface area contributed by atoms with Crippen LogP contribution in [0.2, 0.25) is 0 Å². The predicted molar refractivity (Wildman–Crippen MR) is 103 cm³/mol. The van der Waals surface area contributed by atoms with Gasteiger partial charge in [0.2, 0.25) is 5.91 Å². The Kier molecular flexibility index (Phi) is 6.08. The van der Waals surface area contributed by atoms with Crippen LogP contribution in [0.3, 0.4) is 0 Å².